The molecule has 31 heavy (non-hydrogen) atoms. The number of aryl methyl sites for hydroxylation is 1. The molecular formula is C25H29N5O. The van der Waals surface area contributed by atoms with Gasteiger partial charge in [0.1, 0.15) is 0 Å². The van der Waals surface area contributed by atoms with Crippen LogP contribution in [0, 0.1) is 6.92 Å². The number of anilines is 1. The second kappa shape index (κ2) is 11.7. The van der Waals surface area contributed by atoms with Gasteiger partial charge in [0.15, 0.2) is 0 Å². The molecule has 0 N–H and O–H groups in total. The van der Waals surface area contributed by atoms with Gasteiger partial charge < -0.3 is 9.64 Å². The van der Waals surface area contributed by atoms with Gasteiger partial charge in [0.05, 0.1) is 36.0 Å². The zero-order valence-electron chi connectivity index (χ0n) is 18.4. The first kappa shape index (κ1) is 22.3. The minimum Gasteiger partial charge on any atom is -0.378 e. The van der Waals surface area contributed by atoms with Crippen LogP contribution in [-0.4, -0.2) is 26.3 Å². The Labute approximate surface area is 184 Å². The van der Waals surface area contributed by atoms with Crippen LogP contribution < -0.4 is 4.90 Å². The number of hydrogen-bond donors (Lipinski definition) is 0. The van der Waals surface area contributed by atoms with Crippen LogP contribution in [0.15, 0.2) is 93.3 Å². The summed E-state index contributed by atoms with van der Waals surface area (Å²) >= 11 is 0. The predicted molar refractivity (Wildman–Crippen MR) is 127 cm³/mol. The molecular weight excluding hydrogens is 386 g/mol. The summed E-state index contributed by atoms with van der Waals surface area (Å²) in [5.41, 5.74) is 5.60. The number of benzene rings is 3. The van der Waals surface area contributed by atoms with Gasteiger partial charge in [0, 0.05) is 18.8 Å². The van der Waals surface area contributed by atoms with Gasteiger partial charge in [-0.1, -0.05) is 31.5 Å². The summed E-state index contributed by atoms with van der Waals surface area (Å²) in [6.45, 7) is 9.46. The maximum atomic E-state index is 5.40. The summed E-state index contributed by atoms with van der Waals surface area (Å²) < 4.78 is 5.40. The van der Waals surface area contributed by atoms with E-state index in [1.165, 1.54) is 11.3 Å². The molecule has 0 atom stereocenters. The summed E-state index contributed by atoms with van der Waals surface area (Å²) in [7, 11) is 0. The van der Waals surface area contributed by atoms with Crippen LogP contribution in [0.1, 0.15) is 19.4 Å². The first-order valence-electron chi connectivity index (χ1n) is 10.7. The molecule has 1 saturated heterocycles. The molecule has 0 aromatic heterocycles. The molecule has 0 aliphatic carbocycles. The van der Waals surface area contributed by atoms with Crippen molar-refractivity contribution in [1.82, 2.24) is 0 Å². The van der Waals surface area contributed by atoms with Gasteiger partial charge in [0.2, 0.25) is 0 Å². The minimum atomic E-state index is 0.775. The van der Waals surface area contributed by atoms with E-state index < -0.39 is 0 Å². The van der Waals surface area contributed by atoms with Crippen LogP contribution >= 0.6 is 0 Å². The molecule has 0 bridgehead atoms. The van der Waals surface area contributed by atoms with Gasteiger partial charge in [-0.3, -0.25) is 0 Å². The number of rotatable bonds is 5. The lowest BCUT2D eigenvalue weighted by atomic mass is 10.2. The van der Waals surface area contributed by atoms with Gasteiger partial charge in [-0.2, -0.15) is 20.5 Å². The average Bonchev–Trinajstić information content (AvgIpc) is 2.85. The fourth-order valence-electron chi connectivity index (χ4n) is 2.98. The Balaban J connectivity index is 0.00000132. The van der Waals surface area contributed by atoms with E-state index in [0.717, 1.165) is 49.1 Å². The predicted octanol–water partition coefficient (Wildman–Crippen LogP) is 7.69. The van der Waals surface area contributed by atoms with Crippen molar-refractivity contribution >= 4 is 28.4 Å². The van der Waals surface area contributed by atoms with E-state index in [-0.39, 0.29) is 0 Å². The molecule has 0 spiro atoms. The summed E-state index contributed by atoms with van der Waals surface area (Å²) in [4.78, 5) is 2.31. The van der Waals surface area contributed by atoms with Crippen LogP contribution in [0.25, 0.3) is 0 Å². The van der Waals surface area contributed by atoms with Crippen LogP contribution in [0.4, 0.5) is 28.4 Å². The molecule has 6 heteroatoms. The lowest BCUT2D eigenvalue weighted by Gasteiger charge is -2.28. The Morgan fingerprint density at radius 1 is 0.581 bits per heavy atom. The Morgan fingerprint density at radius 3 is 1.35 bits per heavy atom. The quantitative estimate of drug-likeness (QED) is 0.401. The molecule has 1 aliphatic rings. The zero-order chi connectivity index (χ0) is 21.9. The normalized spacial score (nSPS) is 14.0. The van der Waals surface area contributed by atoms with Crippen molar-refractivity contribution in [3.05, 3.63) is 78.4 Å². The summed E-state index contributed by atoms with van der Waals surface area (Å²) in [5.74, 6) is 0. The van der Waals surface area contributed by atoms with E-state index in [1.54, 1.807) is 0 Å². The van der Waals surface area contributed by atoms with Gasteiger partial charge in [-0.05, 0) is 67.6 Å². The second-order valence-corrected chi connectivity index (χ2v) is 6.87. The SMILES string of the molecule is CC.Cc1ccc(N=Nc2ccc(N=Nc3ccc(N4CCOCC4)cc3)cc2)cc1. The molecule has 3 aromatic carbocycles. The molecule has 0 unspecified atom stereocenters. The molecule has 0 amide bonds. The number of morpholine rings is 1. The van der Waals surface area contributed by atoms with E-state index in [1.807, 2.05) is 81.4 Å². The van der Waals surface area contributed by atoms with E-state index in [2.05, 4.69) is 37.5 Å². The number of hydrogen-bond acceptors (Lipinski definition) is 6. The highest BCUT2D eigenvalue weighted by atomic mass is 16.5. The number of nitrogens with zero attached hydrogens (tertiary/aromatic N) is 5. The summed E-state index contributed by atoms with van der Waals surface area (Å²) in [6, 6.07) is 23.6. The highest BCUT2D eigenvalue weighted by Crippen LogP contribution is 2.25. The van der Waals surface area contributed by atoms with Gasteiger partial charge in [-0.25, -0.2) is 0 Å². The lowest BCUT2D eigenvalue weighted by Crippen LogP contribution is -2.36. The van der Waals surface area contributed by atoms with Gasteiger partial charge in [-0.15, -0.1) is 0 Å². The molecule has 6 nitrogen and oxygen atoms in total. The maximum Gasteiger partial charge on any atom is 0.0858 e. The van der Waals surface area contributed by atoms with Crippen molar-refractivity contribution in [3.8, 4) is 0 Å². The summed E-state index contributed by atoms with van der Waals surface area (Å²) in [6.07, 6.45) is 0. The smallest absolute Gasteiger partial charge is 0.0858 e. The molecule has 0 radical (unpaired) electrons. The summed E-state index contributed by atoms with van der Waals surface area (Å²) in [5, 5.41) is 17.1. The molecule has 3 aromatic rings. The molecule has 1 fully saturated rings. The maximum absolute atomic E-state index is 5.40. The number of ether oxygens (including phenoxy) is 1. The lowest BCUT2D eigenvalue weighted by molar-refractivity contribution is 0.122. The van der Waals surface area contributed by atoms with Crippen molar-refractivity contribution in [2.24, 2.45) is 20.5 Å². The van der Waals surface area contributed by atoms with E-state index in [4.69, 9.17) is 4.74 Å². The first-order valence-corrected chi connectivity index (χ1v) is 10.7. The van der Waals surface area contributed by atoms with Crippen LogP contribution in [0.3, 0.4) is 0 Å². The van der Waals surface area contributed by atoms with Gasteiger partial charge in [0.25, 0.3) is 0 Å². The van der Waals surface area contributed by atoms with Crippen molar-refractivity contribution in [2.45, 2.75) is 20.8 Å². The molecule has 4 rings (SSSR count). The minimum absolute atomic E-state index is 0.775. The standard InChI is InChI=1S/C23H23N5O.C2H6/c1-18-2-4-19(5-3-18)24-25-20-6-8-21(9-7-20)26-27-22-10-12-23(13-11-22)28-14-16-29-17-15-28;1-2/h2-13H,14-17H2,1H3;1-2H3. The zero-order valence-corrected chi connectivity index (χ0v) is 18.4. The van der Waals surface area contributed by atoms with E-state index >= 15 is 0 Å². The van der Waals surface area contributed by atoms with Crippen LogP contribution in [0.2, 0.25) is 0 Å². The van der Waals surface area contributed by atoms with Crippen LogP contribution in [-0.2, 0) is 4.74 Å². The highest BCUT2D eigenvalue weighted by molar-refractivity contribution is 5.53. The number of azo groups is 2. The Bertz CT molecular complexity index is 974. The van der Waals surface area contributed by atoms with Crippen molar-refractivity contribution in [3.63, 3.8) is 0 Å². The average molecular weight is 416 g/mol. The van der Waals surface area contributed by atoms with E-state index in [0.29, 0.717) is 0 Å². The van der Waals surface area contributed by atoms with Gasteiger partial charge >= 0.3 is 0 Å². The second-order valence-electron chi connectivity index (χ2n) is 6.87. The van der Waals surface area contributed by atoms with Crippen molar-refractivity contribution in [2.75, 3.05) is 31.2 Å². The molecule has 160 valence electrons. The highest BCUT2D eigenvalue weighted by Gasteiger charge is 2.10. The van der Waals surface area contributed by atoms with Crippen LogP contribution in [0.5, 0.6) is 0 Å². The van der Waals surface area contributed by atoms with E-state index in [9.17, 15) is 0 Å². The molecule has 0 saturated carbocycles. The Kier molecular flexibility index (Phi) is 8.43. The third kappa shape index (κ3) is 6.83. The van der Waals surface area contributed by atoms with Crippen molar-refractivity contribution in [1.29, 1.82) is 0 Å². The molecule has 1 heterocycles. The molecule has 1 aliphatic heterocycles. The monoisotopic (exact) mass is 415 g/mol. The third-order valence-electron chi connectivity index (χ3n) is 4.67. The third-order valence-corrected chi connectivity index (χ3v) is 4.67. The Hall–Kier alpha value is -3.38. The first-order chi connectivity index (χ1) is 15.3. The van der Waals surface area contributed by atoms with Crippen molar-refractivity contribution < 1.29 is 4.74 Å². The topological polar surface area (TPSA) is 61.9 Å². The fourth-order valence-corrected chi connectivity index (χ4v) is 2.98. The Morgan fingerprint density at radius 2 is 0.935 bits per heavy atom. The largest absolute Gasteiger partial charge is 0.378 e. The fraction of sp³-hybridized carbons (Fsp3) is 0.280.